The molecule has 0 atom stereocenters. The molecule has 0 saturated heterocycles. The lowest BCUT2D eigenvalue weighted by atomic mass is 10.4. The smallest absolute Gasteiger partial charge is 0.323 e. The number of carbonyl (C=O) groups is 2. The Morgan fingerprint density at radius 2 is 1.94 bits per heavy atom. The molecule has 2 N–H and O–H groups in total. The van der Waals surface area contributed by atoms with Gasteiger partial charge in [-0.3, -0.25) is 9.59 Å². The quantitative estimate of drug-likeness (QED) is 0.688. The standard InChI is InChI=1S/C9H8N4O4/c10-3-6-1-2-11-9(12-6)13(4-7(14)15)5-8(16)17/h1-2H,4-5H2,(H,14,15)(H,16,17). The maximum absolute atomic E-state index is 10.6. The maximum Gasteiger partial charge on any atom is 0.323 e. The molecule has 0 aliphatic rings. The molecule has 0 amide bonds. The van der Waals surface area contributed by atoms with Gasteiger partial charge in [-0.2, -0.15) is 5.26 Å². The van der Waals surface area contributed by atoms with E-state index in [9.17, 15) is 9.59 Å². The molecule has 1 heterocycles. The SMILES string of the molecule is N#Cc1ccnc(N(CC(=O)O)CC(=O)O)n1. The van der Waals surface area contributed by atoms with E-state index >= 15 is 0 Å². The van der Waals surface area contributed by atoms with Gasteiger partial charge in [-0.25, -0.2) is 9.97 Å². The predicted molar refractivity (Wildman–Crippen MR) is 54.2 cm³/mol. The number of carboxylic acid groups (broad SMARTS) is 2. The van der Waals surface area contributed by atoms with E-state index in [1.54, 1.807) is 6.07 Å². The van der Waals surface area contributed by atoms with E-state index in [0.29, 0.717) is 0 Å². The monoisotopic (exact) mass is 236 g/mol. The topological polar surface area (TPSA) is 127 Å². The Bertz CT molecular complexity index is 466. The van der Waals surface area contributed by atoms with Crippen molar-refractivity contribution in [1.29, 1.82) is 5.26 Å². The highest BCUT2D eigenvalue weighted by atomic mass is 16.4. The Labute approximate surface area is 95.8 Å². The van der Waals surface area contributed by atoms with Gasteiger partial charge in [0.05, 0.1) is 0 Å². The van der Waals surface area contributed by atoms with Gasteiger partial charge in [0.25, 0.3) is 0 Å². The van der Waals surface area contributed by atoms with Crippen molar-refractivity contribution in [1.82, 2.24) is 9.97 Å². The maximum atomic E-state index is 10.6. The van der Waals surface area contributed by atoms with Gasteiger partial charge in [0.15, 0.2) is 0 Å². The number of nitrogens with zero attached hydrogens (tertiary/aromatic N) is 4. The predicted octanol–water partition coefficient (Wildman–Crippen LogP) is -0.676. The molecule has 0 saturated carbocycles. The number of carboxylic acids is 2. The zero-order valence-corrected chi connectivity index (χ0v) is 8.57. The Kier molecular flexibility index (Phi) is 3.94. The molecular formula is C9H8N4O4. The second-order valence-corrected chi connectivity index (χ2v) is 3.00. The Morgan fingerprint density at radius 3 is 2.41 bits per heavy atom. The summed E-state index contributed by atoms with van der Waals surface area (Å²) < 4.78 is 0. The minimum atomic E-state index is -1.21. The Morgan fingerprint density at radius 1 is 1.35 bits per heavy atom. The van der Waals surface area contributed by atoms with Crippen LogP contribution in [0.1, 0.15) is 5.69 Å². The summed E-state index contributed by atoms with van der Waals surface area (Å²) in [6, 6.07) is 3.09. The highest BCUT2D eigenvalue weighted by Crippen LogP contribution is 2.06. The fourth-order valence-electron chi connectivity index (χ4n) is 1.09. The number of aliphatic carboxylic acids is 2. The van der Waals surface area contributed by atoms with Crippen molar-refractivity contribution in [3.63, 3.8) is 0 Å². The van der Waals surface area contributed by atoms with Crippen LogP contribution in [0.4, 0.5) is 5.95 Å². The van der Waals surface area contributed by atoms with Crippen LogP contribution in [0.15, 0.2) is 12.3 Å². The fraction of sp³-hybridized carbons (Fsp3) is 0.222. The second-order valence-electron chi connectivity index (χ2n) is 3.00. The number of rotatable bonds is 5. The average molecular weight is 236 g/mol. The van der Waals surface area contributed by atoms with Crippen molar-refractivity contribution >= 4 is 17.9 Å². The summed E-state index contributed by atoms with van der Waals surface area (Å²) in [6.07, 6.45) is 1.26. The molecule has 88 valence electrons. The summed E-state index contributed by atoms with van der Waals surface area (Å²) in [4.78, 5) is 29.5. The van der Waals surface area contributed by atoms with Crippen LogP contribution in [0.25, 0.3) is 0 Å². The van der Waals surface area contributed by atoms with E-state index < -0.39 is 25.0 Å². The van der Waals surface area contributed by atoms with E-state index in [-0.39, 0.29) is 11.6 Å². The zero-order chi connectivity index (χ0) is 12.8. The zero-order valence-electron chi connectivity index (χ0n) is 8.57. The molecule has 17 heavy (non-hydrogen) atoms. The van der Waals surface area contributed by atoms with Crippen LogP contribution in [0.2, 0.25) is 0 Å². The van der Waals surface area contributed by atoms with Gasteiger partial charge in [0.2, 0.25) is 5.95 Å². The molecule has 0 bridgehead atoms. The van der Waals surface area contributed by atoms with Crippen molar-refractivity contribution in [2.24, 2.45) is 0 Å². The lowest BCUT2D eigenvalue weighted by molar-refractivity contribution is -0.136. The van der Waals surface area contributed by atoms with Crippen LogP contribution < -0.4 is 4.90 Å². The molecule has 0 fully saturated rings. The fourth-order valence-corrected chi connectivity index (χ4v) is 1.09. The summed E-state index contributed by atoms with van der Waals surface area (Å²) in [7, 11) is 0. The summed E-state index contributed by atoms with van der Waals surface area (Å²) >= 11 is 0. The van der Waals surface area contributed by atoms with Crippen LogP contribution in [0.5, 0.6) is 0 Å². The molecule has 1 rings (SSSR count). The molecule has 1 aromatic heterocycles. The summed E-state index contributed by atoms with van der Waals surface area (Å²) in [5.74, 6) is -2.52. The normalized spacial score (nSPS) is 9.35. The van der Waals surface area contributed by atoms with Crippen molar-refractivity contribution in [3.05, 3.63) is 18.0 Å². The van der Waals surface area contributed by atoms with Crippen molar-refractivity contribution in [3.8, 4) is 6.07 Å². The van der Waals surface area contributed by atoms with Crippen molar-refractivity contribution in [2.75, 3.05) is 18.0 Å². The van der Waals surface area contributed by atoms with Gasteiger partial charge in [-0.15, -0.1) is 0 Å². The van der Waals surface area contributed by atoms with Crippen LogP contribution in [-0.4, -0.2) is 45.2 Å². The molecule has 8 heteroatoms. The van der Waals surface area contributed by atoms with Gasteiger partial charge < -0.3 is 15.1 Å². The first-order chi connectivity index (χ1) is 8.02. The van der Waals surface area contributed by atoms with Gasteiger partial charge in [0.1, 0.15) is 24.9 Å². The Hall–Kier alpha value is -2.69. The summed E-state index contributed by atoms with van der Waals surface area (Å²) in [6.45, 7) is -1.11. The van der Waals surface area contributed by atoms with E-state index in [2.05, 4.69) is 9.97 Å². The van der Waals surface area contributed by atoms with Crippen LogP contribution in [0, 0.1) is 11.3 Å². The summed E-state index contributed by atoms with van der Waals surface area (Å²) in [5.41, 5.74) is 0.0378. The molecule has 8 nitrogen and oxygen atoms in total. The van der Waals surface area contributed by atoms with Crippen molar-refractivity contribution in [2.45, 2.75) is 0 Å². The summed E-state index contributed by atoms with van der Waals surface area (Å²) in [5, 5.41) is 25.9. The van der Waals surface area contributed by atoms with Crippen molar-refractivity contribution < 1.29 is 19.8 Å². The Balaban J connectivity index is 2.99. The first kappa shape index (κ1) is 12.4. The minimum Gasteiger partial charge on any atom is -0.480 e. The van der Waals surface area contributed by atoms with Gasteiger partial charge >= 0.3 is 11.9 Å². The first-order valence-electron chi connectivity index (χ1n) is 4.44. The average Bonchev–Trinajstić information content (AvgIpc) is 2.27. The van der Waals surface area contributed by atoms with Crippen LogP contribution in [-0.2, 0) is 9.59 Å². The molecule has 0 aliphatic heterocycles. The largest absolute Gasteiger partial charge is 0.480 e. The number of nitriles is 1. The second kappa shape index (κ2) is 5.41. The van der Waals surface area contributed by atoms with Crippen LogP contribution >= 0.6 is 0 Å². The molecule has 0 unspecified atom stereocenters. The van der Waals surface area contributed by atoms with Gasteiger partial charge in [-0.05, 0) is 6.07 Å². The lowest BCUT2D eigenvalue weighted by Gasteiger charge is -2.17. The van der Waals surface area contributed by atoms with E-state index in [0.717, 1.165) is 4.90 Å². The molecule has 0 spiro atoms. The molecular weight excluding hydrogens is 228 g/mol. The number of hydrogen-bond donors (Lipinski definition) is 2. The lowest BCUT2D eigenvalue weighted by Crippen LogP contribution is -2.35. The van der Waals surface area contributed by atoms with Gasteiger partial charge in [-0.1, -0.05) is 0 Å². The highest BCUT2D eigenvalue weighted by Gasteiger charge is 2.16. The molecule has 0 aliphatic carbocycles. The molecule has 1 aromatic rings. The van der Waals surface area contributed by atoms with Crippen LogP contribution in [0.3, 0.4) is 0 Å². The third-order valence-corrected chi connectivity index (χ3v) is 1.69. The third kappa shape index (κ3) is 3.75. The van der Waals surface area contributed by atoms with E-state index in [1.165, 1.54) is 12.3 Å². The number of anilines is 1. The molecule has 0 aromatic carbocycles. The van der Waals surface area contributed by atoms with Gasteiger partial charge in [0, 0.05) is 6.20 Å². The number of aromatic nitrogens is 2. The first-order valence-corrected chi connectivity index (χ1v) is 4.44. The highest BCUT2D eigenvalue weighted by molar-refractivity contribution is 5.78. The molecule has 0 radical (unpaired) electrons. The van der Waals surface area contributed by atoms with E-state index in [4.69, 9.17) is 15.5 Å². The van der Waals surface area contributed by atoms with E-state index in [1.807, 2.05) is 0 Å². The third-order valence-electron chi connectivity index (χ3n) is 1.69. The number of hydrogen-bond acceptors (Lipinski definition) is 6. The minimum absolute atomic E-state index is 0.0378.